The third-order valence-electron chi connectivity index (χ3n) is 3.77. The number of rotatable bonds is 5. The molecule has 2 aromatic carbocycles. The highest BCUT2D eigenvalue weighted by molar-refractivity contribution is 5.92. The summed E-state index contributed by atoms with van der Waals surface area (Å²) in [4.78, 5) is 22.6. The van der Waals surface area contributed by atoms with E-state index in [1.165, 1.54) is 30.8 Å². The fourth-order valence-electron chi connectivity index (χ4n) is 2.50. The molecule has 0 fully saturated rings. The molecule has 0 radical (unpaired) electrons. The minimum atomic E-state index is -0.740. The number of halogens is 1. The summed E-state index contributed by atoms with van der Waals surface area (Å²) in [7, 11) is 1.29. The minimum absolute atomic E-state index is 0.0467. The molecule has 0 bridgehead atoms. The van der Waals surface area contributed by atoms with Crippen molar-refractivity contribution in [1.29, 1.82) is 0 Å². The second-order valence-electron chi connectivity index (χ2n) is 5.78. The maximum atomic E-state index is 14.0. The Hall–Kier alpha value is -3.49. The van der Waals surface area contributed by atoms with Gasteiger partial charge in [-0.3, -0.25) is 4.79 Å². The van der Waals surface area contributed by atoms with Crippen LogP contribution < -0.4 is 10.1 Å². The topological polar surface area (TPSA) is 95.3 Å². The molecule has 9 heteroatoms. The van der Waals surface area contributed by atoms with Crippen molar-refractivity contribution in [3.05, 3.63) is 42.2 Å². The van der Waals surface area contributed by atoms with Gasteiger partial charge in [-0.25, -0.2) is 13.9 Å². The second-order valence-corrected chi connectivity index (χ2v) is 5.78. The van der Waals surface area contributed by atoms with Gasteiger partial charge in [0.15, 0.2) is 6.10 Å². The SMILES string of the molecule is COC(=O)C(C)Oc1ccc(-n2nnc3cc(F)c(NC(C)=O)cc32)cc1. The molecule has 1 heterocycles. The van der Waals surface area contributed by atoms with Gasteiger partial charge in [-0.2, -0.15) is 0 Å². The number of amides is 1. The number of benzene rings is 2. The van der Waals surface area contributed by atoms with Crippen LogP contribution in [0.5, 0.6) is 5.75 Å². The van der Waals surface area contributed by atoms with E-state index in [9.17, 15) is 14.0 Å². The molecule has 1 unspecified atom stereocenters. The molecule has 1 amide bonds. The number of esters is 1. The number of hydrogen-bond acceptors (Lipinski definition) is 6. The predicted octanol–water partition coefficient (Wildman–Crippen LogP) is 2.46. The number of carbonyl (C=O) groups excluding carboxylic acids is 2. The van der Waals surface area contributed by atoms with Gasteiger partial charge >= 0.3 is 5.97 Å². The number of methoxy groups -OCH3 is 1. The van der Waals surface area contributed by atoms with Gasteiger partial charge in [0.1, 0.15) is 17.1 Å². The molecule has 1 N–H and O–H groups in total. The molecule has 0 saturated heterocycles. The Balaban J connectivity index is 1.91. The fraction of sp³-hybridized carbons (Fsp3) is 0.222. The van der Waals surface area contributed by atoms with Crippen LogP contribution in [0.4, 0.5) is 10.1 Å². The van der Waals surface area contributed by atoms with Gasteiger partial charge < -0.3 is 14.8 Å². The van der Waals surface area contributed by atoms with Gasteiger partial charge in [-0.15, -0.1) is 5.10 Å². The summed E-state index contributed by atoms with van der Waals surface area (Å²) in [5.41, 5.74) is 1.57. The normalized spacial score (nSPS) is 11.9. The van der Waals surface area contributed by atoms with Crippen LogP contribution in [0.25, 0.3) is 16.7 Å². The Morgan fingerprint density at radius 2 is 1.93 bits per heavy atom. The number of carbonyl (C=O) groups is 2. The van der Waals surface area contributed by atoms with Crippen LogP contribution in [0.1, 0.15) is 13.8 Å². The summed E-state index contributed by atoms with van der Waals surface area (Å²) in [5.74, 6) is -0.973. The fourth-order valence-corrected chi connectivity index (χ4v) is 2.50. The zero-order valence-corrected chi connectivity index (χ0v) is 14.9. The Labute approximate surface area is 153 Å². The van der Waals surface area contributed by atoms with Crippen molar-refractivity contribution >= 4 is 28.6 Å². The van der Waals surface area contributed by atoms with Crippen molar-refractivity contribution in [2.75, 3.05) is 12.4 Å². The highest BCUT2D eigenvalue weighted by Gasteiger charge is 2.16. The van der Waals surface area contributed by atoms with Crippen molar-refractivity contribution in [2.45, 2.75) is 20.0 Å². The molecule has 3 rings (SSSR count). The van der Waals surface area contributed by atoms with E-state index in [4.69, 9.17) is 4.74 Å². The lowest BCUT2D eigenvalue weighted by Gasteiger charge is -2.12. The number of ether oxygens (including phenoxy) is 2. The van der Waals surface area contributed by atoms with E-state index in [0.29, 0.717) is 22.5 Å². The zero-order chi connectivity index (χ0) is 19.6. The van der Waals surface area contributed by atoms with Crippen molar-refractivity contribution < 1.29 is 23.5 Å². The Morgan fingerprint density at radius 1 is 1.22 bits per heavy atom. The Morgan fingerprint density at radius 3 is 2.56 bits per heavy atom. The van der Waals surface area contributed by atoms with Crippen LogP contribution in [-0.2, 0) is 14.3 Å². The number of aromatic nitrogens is 3. The maximum Gasteiger partial charge on any atom is 0.346 e. The lowest BCUT2D eigenvalue weighted by Crippen LogP contribution is -2.24. The molecule has 1 atom stereocenters. The second kappa shape index (κ2) is 7.40. The Bertz CT molecular complexity index is 1000. The van der Waals surface area contributed by atoms with Crippen molar-refractivity contribution in [1.82, 2.24) is 15.0 Å². The lowest BCUT2D eigenvalue weighted by atomic mass is 10.2. The summed E-state index contributed by atoms with van der Waals surface area (Å²) in [5, 5.41) is 10.4. The average molecular weight is 372 g/mol. The van der Waals surface area contributed by atoms with Crippen LogP contribution >= 0.6 is 0 Å². The van der Waals surface area contributed by atoms with Crippen LogP contribution in [-0.4, -0.2) is 40.1 Å². The quantitative estimate of drug-likeness (QED) is 0.691. The van der Waals surface area contributed by atoms with E-state index in [0.717, 1.165) is 0 Å². The average Bonchev–Trinajstić information content (AvgIpc) is 3.04. The standard InChI is InChI=1S/C18H17FN4O4/c1-10(18(25)26-3)27-13-6-4-12(5-7-13)23-17-9-15(20-11(2)24)14(19)8-16(17)21-22-23/h4-10H,1-3H3,(H,20,24). The summed E-state index contributed by atoms with van der Waals surface area (Å²) < 4.78 is 25.6. The number of nitrogens with zero attached hydrogens (tertiary/aromatic N) is 3. The van der Waals surface area contributed by atoms with Crippen molar-refractivity contribution in [3.8, 4) is 11.4 Å². The van der Waals surface area contributed by atoms with Gasteiger partial charge in [0.2, 0.25) is 5.91 Å². The van der Waals surface area contributed by atoms with Crippen LogP contribution in [0.15, 0.2) is 36.4 Å². The van der Waals surface area contributed by atoms with Gasteiger partial charge in [0, 0.05) is 13.0 Å². The molecule has 0 aliphatic heterocycles. The monoisotopic (exact) mass is 372 g/mol. The van der Waals surface area contributed by atoms with E-state index in [1.807, 2.05) is 0 Å². The van der Waals surface area contributed by atoms with Crippen LogP contribution in [0.3, 0.4) is 0 Å². The number of fused-ring (bicyclic) bond motifs is 1. The first-order chi connectivity index (χ1) is 12.9. The molecule has 0 spiro atoms. The summed E-state index contributed by atoms with van der Waals surface area (Å²) in [6, 6.07) is 9.44. The van der Waals surface area contributed by atoms with E-state index in [-0.39, 0.29) is 11.6 Å². The summed E-state index contributed by atoms with van der Waals surface area (Å²) in [6.07, 6.45) is -0.740. The van der Waals surface area contributed by atoms with Gasteiger partial charge in [0.25, 0.3) is 0 Å². The van der Waals surface area contributed by atoms with Gasteiger partial charge in [-0.1, -0.05) is 5.21 Å². The summed E-state index contributed by atoms with van der Waals surface area (Å²) >= 11 is 0. The Kier molecular flexibility index (Phi) is 5.02. The predicted molar refractivity (Wildman–Crippen MR) is 95.2 cm³/mol. The highest BCUT2D eigenvalue weighted by Crippen LogP contribution is 2.25. The van der Waals surface area contributed by atoms with E-state index < -0.39 is 17.9 Å². The molecule has 0 saturated carbocycles. The van der Waals surface area contributed by atoms with Crippen molar-refractivity contribution in [3.63, 3.8) is 0 Å². The lowest BCUT2D eigenvalue weighted by molar-refractivity contribution is -0.147. The first-order valence-electron chi connectivity index (χ1n) is 8.06. The van der Waals surface area contributed by atoms with Gasteiger partial charge in [-0.05, 0) is 37.3 Å². The largest absolute Gasteiger partial charge is 0.479 e. The molecule has 3 aromatic rings. The number of nitrogens with one attached hydrogen (secondary N) is 1. The van der Waals surface area contributed by atoms with Gasteiger partial charge in [0.05, 0.1) is 24.0 Å². The molecule has 140 valence electrons. The molecule has 0 aliphatic carbocycles. The molecule has 27 heavy (non-hydrogen) atoms. The summed E-state index contributed by atoms with van der Waals surface area (Å²) in [6.45, 7) is 2.88. The third-order valence-corrected chi connectivity index (χ3v) is 3.77. The molecular weight excluding hydrogens is 355 g/mol. The highest BCUT2D eigenvalue weighted by atomic mass is 19.1. The number of hydrogen-bond donors (Lipinski definition) is 1. The maximum absolute atomic E-state index is 14.0. The third kappa shape index (κ3) is 3.86. The van der Waals surface area contributed by atoms with Crippen LogP contribution in [0, 0.1) is 5.82 Å². The van der Waals surface area contributed by atoms with Crippen molar-refractivity contribution in [2.24, 2.45) is 0 Å². The first kappa shape index (κ1) is 18.3. The van der Waals surface area contributed by atoms with E-state index in [1.54, 1.807) is 31.2 Å². The first-order valence-corrected chi connectivity index (χ1v) is 8.06. The molecule has 8 nitrogen and oxygen atoms in total. The number of anilines is 1. The molecule has 1 aromatic heterocycles. The molecular formula is C18H17FN4O4. The van der Waals surface area contributed by atoms with E-state index >= 15 is 0 Å². The smallest absolute Gasteiger partial charge is 0.346 e. The zero-order valence-electron chi connectivity index (χ0n) is 14.9. The minimum Gasteiger partial charge on any atom is -0.479 e. The van der Waals surface area contributed by atoms with Crippen LogP contribution in [0.2, 0.25) is 0 Å². The van der Waals surface area contributed by atoms with E-state index in [2.05, 4.69) is 20.4 Å². The molecule has 0 aliphatic rings.